The molecule has 0 aromatic heterocycles. The van der Waals surface area contributed by atoms with E-state index in [-0.39, 0.29) is 5.54 Å². The molecule has 4 rings (SSSR count). The summed E-state index contributed by atoms with van der Waals surface area (Å²) in [7, 11) is 0. The normalized spacial score (nSPS) is 30.1. The molecule has 3 atom stereocenters. The first kappa shape index (κ1) is 17.6. The van der Waals surface area contributed by atoms with Crippen molar-refractivity contribution in [3.05, 3.63) is 35.9 Å². The quantitative estimate of drug-likeness (QED) is 0.620. The summed E-state index contributed by atoms with van der Waals surface area (Å²) in [4.78, 5) is 2.52. The number of hydrogen-bond donors (Lipinski definition) is 3. The summed E-state index contributed by atoms with van der Waals surface area (Å²) in [5.74, 6) is 0.708. The van der Waals surface area contributed by atoms with Crippen molar-refractivity contribution in [1.82, 2.24) is 14.9 Å². The molecular weight excluding hydrogens is 334 g/mol. The van der Waals surface area contributed by atoms with Crippen molar-refractivity contribution in [2.75, 3.05) is 19.6 Å². The van der Waals surface area contributed by atoms with Crippen molar-refractivity contribution in [3.63, 3.8) is 0 Å². The summed E-state index contributed by atoms with van der Waals surface area (Å²) in [5.41, 5.74) is 1.41. The molecule has 6 heteroatoms. The van der Waals surface area contributed by atoms with Gasteiger partial charge in [-0.3, -0.25) is 4.55 Å². The maximum Gasteiger partial charge on any atom is 0.232 e. The molecule has 0 spiro atoms. The fourth-order valence-electron chi connectivity index (χ4n) is 4.19. The number of nitrogens with zero attached hydrogens (tertiary/aromatic N) is 1. The van der Waals surface area contributed by atoms with Crippen LogP contribution in [0.2, 0.25) is 0 Å². The number of benzene rings is 1. The van der Waals surface area contributed by atoms with Gasteiger partial charge in [-0.2, -0.15) is 0 Å². The molecule has 1 heterocycles. The number of piperidine rings is 1. The van der Waals surface area contributed by atoms with Gasteiger partial charge in [0.1, 0.15) is 0 Å². The minimum Gasteiger partial charge on any atom is -0.311 e. The van der Waals surface area contributed by atoms with E-state index in [1.165, 1.54) is 24.8 Å². The van der Waals surface area contributed by atoms with E-state index in [1.54, 1.807) is 0 Å². The van der Waals surface area contributed by atoms with Gasteiger partial charge < -0.3 is 10.2 Å². The van der Waals surface area contributed by atoms with E-state index < -0.39 is 11.3 Å². The van der Waals surface area contributed by atoms with Crippen LogP contribution in [0.4, 0.5) is 0 Å². The molecule has 5 nitrogen and oxygen atoms in total. The zero-order valence-corrected chi connectivity index (χ0v) is 15.5. The van der Waals surface area contributed by atoms with Gasteiger partial charge >= 0.3 is 0 Å². The molecule has 1 unspecified atom stereocenters. The molecule has 3 fully saturated rings. The molecule has 2 aliphatic carbocycles. The maximum atomic E-state index is 11.0. The predicted octanol–water partition coefficient (Wildman–Crippen LogP) is 2.25. The van der Waals surface area contributed by atoms with Crippen LogP contribution in [-0.4, -0.2) is 50.9 Å². The third-order valence-electron chi connectivity index (χ3n) is 6.12. The van der Waals surface area contributed by atoms with Crippen molar-refractivity contribution >= 4 is 11.3 Å². The fraction of sp³-hybridized carbons (Fsp3) is 0.684. The first-order valence-corrected chi connectivity index (χ1v) is 10.7. The molecule has 1 saturated heterocycles. The highest BCUT2D eigenvalue weighted by Gasteiger charge is 2.44. The van der Waals surface area contributed by atoms with Crippen molar-refractivity contribution in [2.24, 2.45) is 0 Å². The Labute approximate surface area is 153 Å². The summed E-state index contributed by atoms with van der Waals surface area (Å²) in [6.07, 6.45) is 6.74. The summed E-state index contributed by atoms with van der Waals surface area (Å²) in [6, 6.07) is 12.2. The van der Waals surface area contributed by atoms with Crippen LogP contribution >= 0.6 is 0 Å². The van der Waals surface area contributed by atoms with Gasteiger partial charge in [0.25, 0.3) is 0 Å². The second-order valence-electron chi connectivity index (χ2n) is 8.02. The van der Waals surface area contributed by atoms with Crippen LogP contribution < -0.4 is 10.0 Å². The van der Waals surface area contributed by atoms with Crippen LogP contribution in [0.5, 0.6) is 0 Å². The van der Waals surface area contributed by atoms with Crippen molar-refractivity contribution in [3.8, 4) is 0 Å². The largest absolute Gasteiger partial charge is 0.311 e. The molecular formula is C19H29N3O2S. The average Bonchev–Trinajstić information content (AvgIpc) is 3.53. The molecule has 1 aliphatic heterocycles. The Morgan fingerprint density at radius 2 is 1.92 bits per heavy atom. The van der Waals surface area contributed by atoms with E-state index in [0.29, 0.717) is 18.0 Å². The Bertz CT molecular complexity index is 600. The number of likely N-dealkylation sites (tertiary alicyclic amines) is 1. The zero-order chi connectivity index (χ0) is 17.3. The van der Waals surface area contributed by atoms with Crippen molar-refractivity contribution in [2.45, 2.75) is 62.1 Å². The predicted molar refractivity (Wildman–Crippen MR) is 101 cm³/mol. The van der Waals surface area contributed by atoms with Gasteiger partial charge in [-0.25, -0.2) is 8.93 Å². The van der Waals surface area contributed by atoms with Gasteiger partial charge in [0.15, 0.2) is 0 Å². The lowest BCUT2D eigenvalue weighted by molar-refractivity contribution is 0.188. The molecule has 25 heavy (non-hydrogen) atoms. The third-order valence-corrected chi connectivity index (χ3v) is 6.73. The molecule has 3 aliphatic rings. The minimum atomic E-state index is -1.88. The lowest BCUT2D eigenvalue weighted by Crippen LogP contribution is -2.45. The van der Waals surface area contributed by atoms with E-state index in [4.69, 9.17) is 4.55 Å². The van der Waals surface area contributed by atoms with E-state index in [2.05, 4.69) is 45.3 Å². The second kappa shape index (κ2) is 7.45. The van der Waals surface area contributed by atoms with Crippen LogP contribution in [0.25, 0.3) is 0 Å². The molecule has 0 radical (unpaired) electrons. The fourth-order valence-corrected chi connectivity index (χ4v) is 4.86. The molecule has 0 amide bonds. The third kappa shape index (κ3) is 4.68. The standard InChI is InChI=1S/C19H29N3O2S/c23-25(24)21-19(8-9-19)10-13-22-11-6-16(7-12-22)20-18-14-17(18)15-4-2-1-3-5-15/h1-5,16-18,20-21H,6-14H2,(H,23,24)/t17-,18+/m0/s1. The zero-order valence-electron chi connectivity index (χ0n) is 14.7. The van der Waals surface area contributed by atoms with Gasteiger partial charge in [0.2, 0.25) is 11.3 Å². The molecule has 1 aromatic rings. The Kier molecular flexibility index (Phi) is 5.25. The van der Waals surface area contributed by atoms with Gasteiger partial charge in [-0.05, 0) is 63.7 Å². The minimum absolute atomic E-state index is 0.0639. The molecule has 1 aromatic carbocycles. The molecule has 138 valence electrons. The smallest absolute Gasteiger partial charge is 0.232 e. The highest BCUT2D eigenvalue weighted by molar-refractivity contribution is 7.77. The molecule has 2 saturated carbocycles. The Hall–Kier alpha value is -0.790. The summed E-state index contributed by atoms with van der Waals surface area (Å²) < 4.78 is 22.8. The first-order valence-electron chi connectivity index (χ1n) is 9.56. The van der Waals surface area contributed by atoms with Crippen molar-refractivity contribution < 1.29 is 8.76 Å². The van der Waals surface area contributed by atoms with Crippen molar-refractivity contribution in [1.29, 1.82) is 0 Å². The number of hydrogen-bond acceptors (Lipinski definition) is 3. The van der Waals surface area contributed by atoms with Gasteiger partial charge in [-0.1, -0.05) is 30.3 Å². The highest BCUT2D eigenvalue weighted by atomic mass is 32.2. The molecule has 0 bridgehead atoms. The highest BCUT2D eigenvalue weighted by Crippen LogP contribution is 2.41. The van der Waals surface area contributed by atoms with E-state index >= 15 is 0 Å². The number of nitrogens with one attached hydrogen (secondary N) is 2. The second-order valence-corrected chi connectivity index (χ2v) is 8.73. The SMILES string of the molecule is O=S(O)NC1(CCN2CCC(N[C@@H]3C[C@H]3c3ccccc3)CC2)CC1. The van der Waals surface area contributed by atoms with Gasteiger partial charge in [0, 0.05) is 23.5 Å². The monoisotopic (exact) mass is 363 g/mol. The lowest BCUT2D eigenvalue weighted by Gasteiger charge is -2.33. The maximum absolute atomic E-state index is 11.0. The summed E-state index contributed by atoms with van der Waals surface area (Å²) >= 11 is -1.88. The Balaban J connectivity index is 1.15. The van der Waals surface area contributed by atoms with Gasteiger partial charge in [0.05, 0.1) is 0 Å². The average molecular weight is 364 g/mol. The van der Waals surface area contributed by atoms with E-state index in [9.17, 15) is 4.21 Å². The van der Waals surface area contributed by atoms with Gasteiger partial charge in [-0.15, -0.1) is 0 Å². The summed E-state index contributed by atoms with van der Waals surface area (Å²) in [5, 5.41) is 3.86. The molecule has 3 N–H and O–H groups in total. The topological polar surface area (TPSA) is 64.6 Å². The van der Waals surface area contributed by atoms with Crippen LogP contribution in [0.15, 0.2) is 30.3 Å². The Morgan fingerprint density at radius 3 is 2.56 bits per heavy atom. The summed E-state index contributed by atoms with van der Waals surface area (Å²) in [6.45, 7) is 3.31. The van der Waals surface area contributed by atoms with Crippen LogP contribution in [-0.2, 0) is 11.3 Å². The van der Waals surface area contributed by atoms with Crippen LogP contribution in [0.3, 0.4) is 0 Å². The van der Waals surface area contributed by atoms with E-state index in [1.807, 2.05) is 0 Å². The Morgan fingerprint density at radius 1 is 1.20 bits per heavy atom. The van der Waals surface area contributed by atoms with E-state index in [0.717, 1.165) is 38.9 Å². The van der Waals surface area contributed by atoms with Crippen LogP contribution in [0, 0.1) is 0 Å². The van der Waals surface area contributed by atoms with Crippen LogP contribution in [0.1, 0.15) is 50.0 Å². The number of rotatable bonds is 8. The lowest BCUT2D eigenvalue weighted by atomic mass is 10.0. The first-order chi connectivity index (χ1) is 12.1.